The minimum absolute atomic E-state index is 0.0829. The van der Waals surface area contributed by atoms with Crippen molar-refractivity contribution in [2.75, 3.05) is 0 Å². The fraction of sp³-hybridized carbons (Fsp3) is 0.941. The number of ether oxygens (including phenoxy) is 1. The van der Waals surface area contributed by atoms with Crippen LogP contribution in [0.3, 0.4) is 0 Å². The van der Waals surface area contributed by atoms with E-state index in [-0.39, 0.29) is 22.9 Å². The molecule has 0 saturated heterocycles. The van der Waals surface area contributed by atoms with Crippen molar-refractivity contribution in [1.29, 1.82) is 0 Å². The molecule has 2 heteroatoms. The van der Waals surface area contributed by atoms with Crippen LogP contribution in [0.1, 0.15) is 72.6 Å². The van der Waals surface area contributed by atoms with E-state index in [1.165, 1.54) is 25.7 Å². The number of carbonyl (C=O) groups excluding carboxylic acids is 1. The van der Waals surface area contributed by atoms with Crippen molar-refractivity contribution in [3.05, 3.63) is 0 Å². The third kappa shape index (κ3) is 1.71. The summed E-state index contributed by atoms with van der Waals surface area (Å²) in [4.78, 5) is 12.5. The lowest BCUT2D eigenvalue weighted by molar-refractivity contribution is -0.168. The van der Waals surface area contributed by atoms with Crippen molar-refractivity contribution in [3.8, 4) is 0 Å². The lowest BCUT2D eigenvalue weighted by Crippen LogP contribution is -2.41. The number of hydrogen-bond donors (Lipinski definition) is 0. The summed E-state index contributed by atoms with van der Waals surface area (Å²) < 4.78 is 6.03. The number of rotatable bonds is 2. The Morgan fingerprint density at radius 3 is 2.16 bits per heavy atom. The molecular formula is C17H28O2. The molecule has 0 aromatic heterocycles. The zero-order valence-electron chi connectivity index (χ0n) is 12.9. The minimum Gasteiger partial charge on any atom is -0.461 e. The Labute approximate surface area is 117 Å². The fourth-order valence-electron chi connectivity index (χ4n) is 4.94. The van der Waals surface area contributed by atoms with Crippen LogP contribution in [0.2, 0.25) is 0 Å². The number of fused-ring (bicyclic) bond motifs is 2. The van der Waals surface area contributed by atoms with Gasteiger partial charge in [0, 0.05) is 5.41 Å². The Morgan fingerprint density at radius 1 is 1.05 bits per heavy atom. The molecule has 3 aliphatic carbocycles. The molecule has 3 saturated carbocycles. The lowest BCUT2D eigenvalue weighted by Gasteiger charge is -2.39. The van der Waals surface area contributed by atoms with E-state index < -0.39 is 0 Å². The Kier molecular flexibility index (Phi) is 2.82. The van der Waals surface area contributed by atoms with Gasteiger partial charge in [0.25, 0.3) is 0 Å². The van der Waals surface area contributed by atoms with Crippen LogP contribution in [-0.4, -0.2) is 12.1 Å². The highest BCUT2D eigenvalue weighted by Gasteiger charge is 2.63. The maximum atomic E-state index is 12.5. The first-order chi connectivity index (χ1) is 8.80. The molecule has 3 atom stereocenters. The van der Waals surface area contributed by atoms with E-state index in [1.54, 1.807) is 0 Å². The summed E-state index contributed by atoms with van der Waals surface area (Å²) in [5.74, 6) is 0.825. The van der Waals surface area contributed by atoms with E-state index in [1.807, 2.05) is 0 Å². The number of hydrogen-bond acceptors (Lipinski definition) is 2. The van der Waals surface area contributed by atoms with E-state index in [2.05, 4.69) is 27.7 Å². The van der Waals surface area contributed by atoms with Crippen molar-refractivity contribution >= 4 is 5.97 Å². The minimum atomic E-state index is -0.192. The van der Waals surface area contributed by atoms with Crippen molar-refractivity contribution in [2.24, 2.45) is 22.2 Å². The molecule has 0 radical (unpaired) electrons. The fourth-order valence-corrected chi connectivity index (χ4v) is 4.94. The molecule has 0 heterocycles. The molecule has 0 amide bonds. The normalized spacial score (nSPS) is 42.5. The zero-order valence-corrected chi connectivity index (χ0v) is 12.9. The molecule has 2 nitrogen and oxygen atoms in total. The number of carbonyl (C=O) groups is 1. The summed E-state index contributed by atoms with van der Waals surface area (Å²) in [6, 6.07) is 0. The first-order valence-electron chi connectivity index (χ1n) is 8.01. The summed E-state index contributed by atoms with van der Waals surface area (Å²) in [7, 11) is 0. The predicted molar refractivity (Wildman–Crippen MR) is 75.7 cm³/mol. The Hall–Kier alpha value is -0.530. The Morgan fingerprint density at radius 2 is 1.68 bits per heavy atom. The van der Waals surface area contributed by atoms with Crippen molar-refractivity contribution in [3.63, 3.8) is 0 Å². The molecule has 0 aromatic carbocycles. The van der Waals surface area contributed by atoms with Gasteiger partial charge in [0.15, 0.2) is 0 Å². The van der Waals surface area contributed by atoms with Gasteiger partial charge in [0.2, 0.25) is 0 Å². The van der Waals surface area contributed by atoms with Crippen LogP contribution in [0.5, 0.6) is 0 Å². The van der Waals surface area contributed by atoms with Crippen molar-refractivity contribution in [1.82, 2.24) is 0 Å². The predicted octanol–water partition coefficient (Wildman–Crippen LogP) is 4.32. The van der Waals surface area contributed by atoms with E-state index in [9.17, 15) is 4.79 Å². The van der Waals surface area contributed by atoms with Gasteiger partial charge >= 0.3 is 5.97 Å². The van der Waals surface area contributed by atoms with Crippen LogP contribution >= 0.6 is 0 Å². The highest BCUT2D eigenvalue weighted by Crippen LogP contribution is 2.66. The summed E-state index contributed by atoms with van der Waals surface area (Å²) >= 11 is 0. The van der Waals surface area contributed by atoms with Gasteiger partial charge in [-0.15, -0.1) is 0 Å². The standard InChI is InChI=1S/C17H28O2/c1-15(2)12-7-10-17(15,4)13(11-12)19-14(18)16(3)8-5-6-9-16/h12-13H,5-11H2,1-4H3. The molecular weight excluding hydrogens is 236 g/mol. The summed E-state index contributed by atoms with van der Waals surface area (Å²) in [6.07, 6.45) is 8.18. The van der Waals surface area contributed by atoms with E-state index >= 15 is 0 Å². The van der Waals surface area contributed by atoms with Gasteiger partial charge in [-0.3, -0.25) is 4.79 Å². The number of esters is 1. The highest BCUT2D eigenvalue weighted by atomic mass is 16.5. The quantitative estimate of drug-likeness (QED) is 0.694. The van der Waals surface area contributed by atoms with Gasteiger partial charge in [-0.25, -0.2) is 0 Å². The van der Waals surface area contributed by atoms with Crippen LogP contribution in [0.4, 0.5) is 0 Å². The van der Waals surface area contributed by atoms with Crippen LogP contribution in [0.15, 0.2) is 0 Å². The molecule has 0 spiro atoms. The molecule has 108 valence electrons. The van der Waals surface area contributed by atoms with Crippen LogP contribution in [-0.2, 0) is 9.53 Å². The highest BCUT2D eigenvalue weighted by molar-refractivity contribution is 5.77. The first kappa shape index (κ1) is 13.5. The zero-order chi connectivity index (χ0) is 13.9. The maximum absolute atomic E-state index is 12.5. The van der Waals surface area contributed by atoms with E-state index in [4.69, 9.17) is 4.74 Å². The van der Waals surface area contributed by atoms with Gasteiger partial charge in [0.1, 0.15) is 6.10 Å². The lowest BCUT2D eigenvalue weighted by atomic mass is 9.70. The second-order valence-corrected chi connectivity index (χ2v) is 8.27. The van der Waals surface area contributed by atoms with Crippen molar-refractivity contribution < 1.29 is 9.53 Å². The average Bonchev–Trinajstić information content (AvgIpc) is 2.92. The van der Waals surface area contributed by atoms with Crippen molar-refractivity contribution in [2.45, 2.75) is 78.7 Å². The second kappa shape index (κ2) is 3.99. The van der Waals surface area contributed by atoms with E-state index in [0.29, 0.717) is 5.41 Å². The van der Waals surface area contributed by atoms with Gasteiger partial charge in [0.05, 0.1) is 5.41 Å². The smallest absolute Gasteiger partial charge is 0.312 e. The van der Waals surface area contributed by atoms with Gasteiger partial charge in [-0.05, 0) is 50.4 Å². The third-order valence-electron chi connectivity index (χ3n) is 7.16. The summed E-state index contributed by atoms with van der Waals surface area (Å²) in [6.45, 7) is 9.18. The molecule has 3 aliphatic rings. The summed E-state index contributed by atoms with van der Waals surface area (Å²) in [5.41, 5.74) is 0.332. The average molecular weight is 264 g/mol. The van der Waals surface area contributed by atoms with Crippen LogP contribution < -0.4 is 0 Å². The topological polar surface area (TPSA) is 26.3 Å². The molecule has 0 aliphatic heterocycles. The van der Waals surface area contributed by atoms with Crippen LogP contribution in [0.25, 0.3) is 0 Å². The van der Waals surface area contributed by atoms with Gasteiger partial charge < -0.3 is 4.74 Å². The summed E-state index contributed by atoms with van der Waals surface area (Å²) in [5, 5.41) is 0. The Balaban J connectivity index is 1.74. The van der Waals surface area contributed by atoms with E-state index in [0.717, 1.165) is 25.2 Å². The van der Waals surface area contributed by atoms with Gasteiger partial charge in [-0.2, -0.15) is 0 Å². The molecule has 0 aromatic rings. The molecule has 3 unspecified atom stereocenters. The largest absolute Gasteiger partial charge is 0.461 e. The first-order valence-corrected chi connectivity index (χ1v) is 8.01. The molecule has 3 rings (SSSR count). The molecule has 19 heavy (non-hydrogen) atoms. The third-order valence-corrected chi connectivity index (χ3v) is 7.16. The Bertz CT molecular complexity index is 392. The molecule has 0 N–H and O–H groups in total. The monoisotopic (exact) mass is 264 g/mol. The second-order valence-electron chi connectivity index (χ2n) is 8.27. The molecule has 3 fully saturated rings. The van der Waals surface area contributed by atoms with Gasteiger partial charge in [-0.1, -0.05) is 33.6 Å². The van der Waals surface area contributed by atoms with Crippen LogP contribution in [0, 0.1) is 22.2 Å². The molecule has 2 bridgehead atoms. The maximum Gasteiger partial charge on any atom is 0.312 e. The SMILES string of the molecule is CC1(C(=O)OC2CC3CCC2(C)C3(C)C)CCCC1.